The lowest BCUT2D eigenvalue weighted by molar-refractivity contribution is -0.0252. The van der Waals surface area contributed by atoms with Gasteiger partial charge in [-0.1, -0.05) is 61.7 Å². The van der Waals surface area contributed by atoms with E-state index in [1.54, 1.807) is 0 Å². The minimum Gasteiger partial charge on any atom is -0.336 e. The van der Waals surface area contributed by atoms with Crippen LogP contribution < -0.4 is 5.73 Å². The van der Waals surface area contributed by atoms with Gasteiger partial charge in [0.2, 0.25) is 0 Å². The molecule has 2 N–H and O–H groups in total. The van der Waals surface area contributed by atoms with Crippen molar-refractivity contribution in [2.75, 3.05) is 19.6 Å². The summed E-state index contributed by atoms with van der Waals surface area (Å²) in [6.45, 7) is 4.08. The first-order valence-corrected chi connectivity index (χ1v) is 10.6. The monoisotopic (exact) mass is 377 g/mol. The van der Waals surface area contributed by atoms with E-state index in [4.69, 9.17) is 5.73 Å². The van der Waals surface area contributed by atoms with Crippen LogP contribution in [0.2, 0.25) is 0 Å². The average molecular weight is 378 g/mol. The van der Waals surface area contributed by atoms with E-state index < -0.39 is 0 Å². The van der Waals surface area contributed by atoms with Crippen LogP contribution in [0.1, 0.15) is 53.6 Å². The van der Waals surface area contributed by atoms with Crippen LogP contribution in [-0.2, 0) is 13.1 Å². The van der Waals surface area contributed by atoms with Crippen LogP contribution in [0.25, 0.3) is 0 Å². The highest BCUT2D eigenvalue weighted by Crippen LogP contribution is 2.37. The van der Waals surface area contributed by atoms with Gasteiger partial charge in [0.25, 0.3) is 5.91 Å². The van der Waals surface area contributed by atoms with Crippen molar-refractivity contribution in [3.05, 3.63) is 71.3 Å². The first-order valence-electron chi connectivity index (χ1n) is 10.6. The van der Waals surface area contributed by atoms with Crippen LogP contribution in [0, 0.1) is 0 Å². The molecule has 2 aromatic carbocycles. The lowest BCUT2D eigenvalue weighted by Crippen LogP contribution is -2.63. The molecule has 4 rings (SSSR count). The molecule has 148 valence electrons. The predicted octanol–water partition coefficient (Wildman–Crippen LogP) is 3.81. The van der Waals surface area contributed by atoms with Crippen LogP contribution in [-0.4, -0.2) is 40.9 Å². The third-order valence-corrected chi connectivity index (χ3v) is 6.52. The van der Waals surface area contributed by atoms with Gasteiger partial charge in [0, 0.05) is 43.8 Å². The highest BCUT2D eigenvalue weighted by Gasteiger charge is 2.43. The summed E-state index contributed by atoms with van der Waals surface area (Å²) >= 11 is 0. The van der Waals surface area contributed by atoms with Gasteiger partial charge in [-0.3, -0.25) is 9.69 Å². The third kappa shape index (κ3) is 3.98. The van der Waals surface area contributed by atoms with E-state index in [-0.39, 0.29) is 11.4 Å². The molecule has 4 heteroatoms. The molecule has 1 amide bonds. The van der Waals surface area contributed by atoms with Gasteiger partial charge in [-0.05, 0) is 36.1 Å². The van der Waals surface area contributed by atoms with Gasteiger partial charge in [0.15, 0.2) is 0 Å². The number of carbonyl (C=O) groups excluding carboxylic acids is 1. The van der Waals surface area contributed by atoms with Crippen LogP contribution in [0.4, 0.5) is 0 Å². The van der Waals surface area contributed by atoms with Crippen molar-refractivity contribution in [1.82, 2.24) is 9.80 Å². The molecule has 1 saturated heterocycles. The van der Waals surface area contributed by atoms with Gasteiger partial charge in [-0.2, -0.15) is 0 Å². The first kappa shape index (κ1) is 19.2. The van der Waals surface area contributed by atoms with Crippen molar-refractivity contribution in [3.63, 3.8) is 0 Å². The SMILES string of the molecule is NCc1ccc(C(=O)N2CCN(Cc3ccccc3)C3(CCCCC3)C2)cc1. The molecule has 0 atom stereocenters. The molecule has 0 radical (unpaired) electrons. The van der Waals surface area contributed by atoms with Crippen LogP contribution in [0.15, 0.2) is 54.6 Å². The second-order valence-corrected chi connectivity index (χ2v) is 8.32. The van der Waals surface area contributed by atoms with E-state index in [0.29, 0.717) is 6.54 Å². The number of hydrogen-bond acceptors (Lipinski definition) is 3. The van der Waals surface area contributed by atoms with E-state index in [1.807, 2.05) is 24.3 Å². The fourth-order valence-corrected chi connectivity index (χ4v) is 4.89. The summed E-state index contributed by atoms with van der Waals surface area (Å²) in [5.41, 5.74) is 9.02. The standard InChI is InChI=1S/C24H31N3O/c25-17-20-9-11-22(12-10-20)23(28)26-15-16-27(18-21-7-3-1-4-8-21)24(19-26)13-5-2-6-14-24/h1,3-4,7-12H,2,5-6,13-19,25H2. The molecule has 2 fully saturated rings. The molecule has 1 aliphatic carbocycles. The molecular weight excluding hydrogens is 346 g/mol. The zero-order chi connectivity index (χ0) is 19.4. The Kier molecular flexibility index (Phi) is 5.79. The van der Waals surface area contributed by atoms with Gasteiger partial charge < -0.3 is 10.6 Å². The Morgan fingerprint density at radius 3 is 2.29 bits per heavy atom. The molecule has 28 heavy (non-hydrogen) atoms. The van der Waals surface area contributed by atoms with Gasteiger partial charge in [0.05, 0.1) is 0 Å². The number of amides is 1. The van der Waals surface area contributed by atoms with Crippen LogP contribution in [0.5, 0.6) is 0 Å². The van der Waals surface area contributed by atoms with Gasteiger partial charge in [0.1, 0.15) is 0 Å². The third-order valence-electron chi connectivity index (χ3n) is 6.52. The maximum atomic E-state index is 13.2. The van der Waals surface area contributed by atoms with E-state index >= 15 is 0 Å². The van der Waals surface area contributed by atoms with Crippen molar-refractivity contribution in [3.8, 4) is 0 Å². The Hall–Kier alpha value is -2.17. The smallest absolute Gasteiger partial charge is 0.253 e. The maximum absolute atomic E-state index is 13.2. The maximum Gasteiger partial charge on any atom is 0.253 e. The van der Waals surface area contributed by atoms with Crippen molar-refractivity contribution < 1.29 is 4.79 Å². The zero-order valence-corrected chi connectivity index (χ0v) is 16.6. The molecule has 1 saturated carbocycles. The van der Waals surface area contributed by atoms with E-state index in [0.717, 1.165) is 37.3 Å². The van der Waals surface area contributed by atoms with Crippen molar-refractivity contribution in [1.29, 1.82) is 0 Å². The number of nitrogens with zero attached hydrogens (tertiary/aromatic N) is 2. The Labute approximate surface area is 168 Å². The molecule has 1 spiro atoms. The minimum absolute atomic E-state index is 0.124. The summed E-state index contributed by atoms with van der Waals surface area (Å²) in [5, 5.41) is 0. The molecule has 2 aromatic rings. The van der Waals surface area contributed by atoms with E-state index in [9.17, 15) is 4.79 Å². The number of rotatable bonds is 4. The average Bonchev–Trinajstić information content (AvgIpc) is 2.76. The van der Waals surface area contributed by atoms with E-state index in [1.165, 1.54) is 37.7 Å². The van der Waals surface area contributed by atoms with Crippen molar-refractivity contribution >= 4 is 5.91 Å². The number of carbonyl (C=O) groups is 1. The molecule has 1 aliphatic heterocycles. The fourth-order valence-electron chi connectivity index (χ4n) is 4.89. The summed E-state index contributed by atoms with van der Waals surface area (Å²) in [7, 11) is 0. The van der Waals surface area contributed by atoms with E-state index in [2.05, 4.69) is 40.1 Å². The number of hydrogen-bond donors (Lipinski definition) is 1. The summed E-state index contributed by atoms with van der Waals surface area (Å²) in [4.78, 5) is 17.9. The molecular formula is C24H31N3O. The zero-order valence-electron chi connectivity index (χ0n) is 16.6. The Morgan fingerprint density at radius 2 is 1.61 bits per heavy atom. The molecule has 4 nitrogen and oxygen atoms in total. The predicted molar refractivity (Wildman–Crippen MR) is 113 cm³/mol. The lowest BCUT2D eigenvalue weighted by Gasteiger charge is -2.53. The number of benzene rings is 2. The highest BCUT2D eigenvalue weighted by atomic mass is 16.2. The minimum atomic E-state index is 0.124. The molecule has 0 unspecified atom stereocenters. The van der Waals surface area contributed by atoms with Crippen LogP contribution in [0.3, 0.4) is 0 Å². The van der Waals surface area contributed by atoms with Gasteiger partial charge >= 0.3 is 0 Å². The normalized spacial score (nSPS) is 19.7. The van der Waals surface area contributed by atoms with Crippen molar-refractivity contribution in [2.45, 2.75) is 50.7 Å². The van der Waals surface area contributed by atoms with Crippen molar-refractivity contribution in [2.24, 2.45) is 5.73 Å². The first-order chi connectivity index (χ1) is 13.7. The highest BCUT2D eigenvalue weighted by molar-refractivity contribution is 5.94. The summed E-state index contributed by atoms with van der Waals surface area (Å²) in [5.74, 6) is 0.160. The quantitative estimate of drug-likeness (QED) is 0.881. The molecule has 0 bridgehead atoms. The molecule has 0 aromatic heterocycles. The lowest BCUT2D eigenvalue weighted by atomic mass is 9.78. The molecule has 1 heterocycles. The Bertz CT molecular complexity index is 781. The fraction of sp³-hybridized carbons (Fsp3) is 0.458. The van der Waals surface area contributed by atoms with Crippen LogP contribution >= 0.6 is 0 Å². The number of nitrogens with two attached hydrogens (primary N) is 1. The molecule has 2 aliphatic rings. The topological polar surface area (TPSA) is 49.6 Å². The van der Waals surface area contributed by atoms with Gasteiger partial charge in [-0.15, -0.1) is 0 Å². The summed E-state index contributed by atoms with van der Waals surface area (Å²) in [6, 6.07) is 18.5. The Morgan fingerprint density at radius 1 is 0.893 bits per heavy atom. The summed E-state index contributed by atoms with van der Waals surface area (Å²) < 4.78 is 0. The largest absolute Gasteiger partial charge is 0.336 e. The summed E-state index contributed by atoms with van der Waals surface area (Å²) in [6.07, 6.45) is 6.22. The second kappa shape index (κ2) is 8.46. The number of piperazine rings is 1. The second-order valence-electron chi connectivity index (χ2n) is 8.32. The van der Waals surface area contributed by atoms with Gasteiger partial charge in [-0.25, -0.2) is 0 Å². The Balaban J connectivity index is 1.52.